The number of ether oxygens (including phenoxy) is 1. The monoisotopic (exact) mass is 507 g/mol. The van der Waals surface area contributed by atoms with Gasteiger partial charge in [0.2, 0.25) is 5.91 Å². The van der Waals surface area contributed by atoms with Crippen LogP contribution in [0.25, 0.3) is 5.65 Å². The molecular weight excluding hydrogens is 470 g/mol. The molecule has 37 heavy (non-hydrogen) atoms. The van der Waals surface area contributed by atoms with E-state index in [1.165, 1.54) is 5.69 Å². The first-order chi connectivity index (χ1) is 18.1. The topological polar surface area (TPSA) is 94.4 Å². The number of fused-ring (bicyclic) bond motifs is 1. The third-order valence-electron chi connectivity index (χ3n) is 7.26. The number of likely N-dealkylation sites (N-methyl/N-ethyl adjacent to an activating group) is 1. The molecule has 1 aromatic carbocycles. The van der Waals surface area contributed by atoms with Crippen LogP contribution in [0.2, 0.25) is 0 Å². The Hall–Kier alpha value is -3.44. The number of hydrogen-bond acceptors (Lipinski definition) is 9. The van der Waals surface area contributed by atoms with E-state index >= 15 is 0 Å². The summed E-state index contributed by atoms with van der Waals surface area (Å²) in [6, 6.07) is 12.1. The molecule has 198 valence electrons. The van der Waals surface area contributed by atoms with Crippen molar-refractivity contribution in [3.05, 3.63) is 42.2 Å². The highest BCUT2D eigenvalue weighted by molar-refractivity contribution is 5.76. The summed E-state index contributed by atoms with van der Waals surface area (Å²) in [7, 11) is 3.84. The maximum absolute atomic E-state index is 12.4. The molecule has 5 rings (SSSR count). The summed E-state index contributed by atoms with van der Waals surface area (Å²) in [5.41, 5.74) is 1.87. The Morgan fingerprint density at radius 2 is 1.76 bits per heavy atom. The molecule has 4 heterocycles. The van der Waals surface area contributed by atoms with Crippen LogP contribution in [-0.2, 0) is 11.2 Å². The highest BCUT2D eigenvalue weighted by atomic mass is 16.5. The molecule has 11 nitrogen and oxygen atoms in total. The molecule has 0 bridgehead atoms. The summed E-state index contributed by atoms with van der Waals surface area (Å²) in [4.78, 5) is 21.8. The fourth-order valence-corrected chi connectivity index (χ4v) is 4.89. The van der Waals surface area contributed by atoms with Crippen LogP contribution in [0.15, 0.2) is 36.4 Å². The van der Waals surface area contributed by atoms with Crippen LogP contribution >= 0.6 is 0 Å². The molecule has 1 N–H and O–H groups in total. The number of carbonyl (C=O) groups excluding carboxylic acids is 1. The smallest absolute Gasteiger partial charge is 0.220 e. The van der Waals surface area contributed by atoms with E-state index in [1.54, 1.807) is 11.6 Å². The minimum Gasteiger partial charge on any atom is -0.497 e. The Morgan fingerprint density at radius 1 is 0.973 bits per heavy atom. The molecule has 11 heteroatoms. The number of aromatic nitrogens is 4. The minimum absolute atomic E-state index is 0.0377. The zero-order valence-corrected chi connectivity index (χ0v) is 21.8. The van der Waals surface area contributed by atoms with Gasteiger partial charge in [0.05, 0.1) is 7.11 Å². The van der Waals surface area contributed by atoms with Crippen LogP contribution in [-0.4, -0.2) is 115 Å². The molecule has 2 saturated heterocycles. The number of nitrogens with zero attached hydrogens (tertiary/aromatic N) is 8. The Balaban J connectivity index is 1.12. The summed E-state index contributed by atoms with van der Waals surface area (Å²) < 4.78 is 7.15. The molecule has 0 saturated carbocycles. The van der Waals surface area contributed by atoms with Crippen molar-refractivity contribution in [1.82, 2.24) is 34.9 Å². The van der Waals surface area contributed by atoms with Gasteiger partial charge in [-0.05, 0) is 31.3 Å². The van der Waals surface area contributed by atoms with Crippen molar-refractivity contribution in [3.8, 4) is 5.75 Å². The van der Waals surface area contributed by atoms with Crippen LogP contribution in [0.1, 0.15) is 12.2 Å². The van der Waals surface area contributed by atoms with E-state index in [2.05, 4.69) is 54.3 Å². The van der Waals surface area contributed by atoms with Crippen molar-refractivity contribution in [2.75, 3.05) is 89.4 Å². The fraction of sp³-hybridized carbons (Fsp3) is 0.538. The summed E-state index contributed by atoms with van der Waals surface area (Å²) in [5, 5.41) is 16.4. The predicted octanol–water partition coefficient (Wildman–Crippen LogP) is 0.756. The van der Waals surface area contributed by atoms with Gasteiger partial charge >= 0.3 is 0 Å². The lowest BCUT2D eigenvalue weighted by molar-refractivity contribution is -0.121. The van der Waals surface area contributed by atoms with Crippen molar-refractivity contribution in [3.63, 3.8) is 0 Å². The number of carbonyl (C=O) groups is 1. The number of amides is 1. The molecule has 0 unspecified atom stereocenters. The van der Waals surface area contributed by atoms with Gasteiger partial charge in [-0.15, -0.1) is 15.3 Å². The second kappa shape index (κ2) is 11.7. The van der Waals surface area contributed by atoms with Gasteiger partial charge in [0.1, 0.15) is 11.6 Å². The van der Waals surface area contributed by atoms with E-state index in [1.807, 2.05) is 24.3 Å². The first-order valence-electron chi connectivity index (χ1n) is 13.1. The number of methoxy groups -OCH3 is 1. The van der Waals surface area contributed by atoms with Gasteiger partial charge < -0.3 is 24.8 Å². The average molecular weight is 508 g/mol. The van der Waals surface area contributed by atoms with Crippen LogP contribution in [0.4, 0.5) is 11.5 Å². The standard InChI is InChI=1S/C26H37N9O2/c1-31-12-14-32(15-13-31)11-10-27-26(36)9-8-24-29-28-23-6-7-25(30-35(23)24)34-18-16-33(17-19-34)21-4-3-5-22(20-21)37-2/h3-7,20H,8-19H2,1-2H3,(H,27,36). The van der Waals surface area contributed by atoms with Gasteiger partial charge in [0.15, 0.2) is 11.5 Å². The van der Waals surface area contributed by atoms with E-state index in [0.717, 1.165) is 70.5 Å². The van der Waals surface area contributed by atoms with Crippen LogP contribution < -0.4 is 19.9 Å². The van der Waals surface area contributed by atoms with Crippen LogP contribution in [0.5, 0.6) is 5.75 Å². The van der Waals surface area contributed by atoms with Crippen LogP contribution in [0, 0.1) is 0 Å². The number of piperazine rings is 2. The Bertz CT molecular complexity index is 1180. The second-order valence-corrected chi connectivity index (χ2v) is 9.75. The normalized spacial score (nSPS) is 17.4. The van der Waals surface area contributed by atoms with Gasteiger partial charge in [-0.3, -0.25) is 9.69 Å². The Kier molecular flexibility index (Phi) is 8.00. The van der Waals surface area contributed by atoms with Crippen molar-refractivity contribution in [2.45, 2.75) is 12.8 Å². The zero-order valence-electron chi connectivity index (χ0n) is 21.8. The maximum atomic E-state index is 12.4. The summed E-state index contributed by atoms with van der Waals surface area (Å²) in [5.74, 6) is 2.52. The second-order valence-electron chi connectivity index (χ2n) is 9.75. The summed E-state index contributed by atoms with van der Waals surface area (Å²) >= 11 is 0. The average Bonchev–Trinajstić information content (AvgIpc) is 3.35. The van der Waals surface area contributed by atoms with Gasteiger partial charge in [0, 0.05) is 90.0 Å². The molecule has 0 radical (unpaired) electrons. The lowest BCUT2D eigenvalue weighted by Crippen LogP contribution is -2.47. The molecule has 2 aliphatic heterocycles. The number of aryl methyl sites for hydroxylation is 1. The largest absolute Gasteiger partial charge is 0.497 e. The Labute approximate surface area is 218 Å². The van der Waals surface area contributed by atoms with Crippen molar-refractivity contribution >= 4 is 23.1 Å². The van der Waals surface area contributed by atoms with E-state index in [0.29, 0.717) is 30.9 Å². The zero-order chi connectivity index (χ0) is 25.6. The highest BCUT2D eigenvalue weighted by Gasteiger charge is 2.20. The van der Waals surface area contributed by atoms with E-state index in [4.69, 9.17) is 9.84 Å². The number of anilines is 2. The quantitative estimate of drug-likeness (QED) is 0.450. The molecular formula is C26H37N9O2. The van der Waals surface area contributed by atoms with E-state index < -0.39 is 0 Å². The summed E-state index contributed by atoms with van der Waals surface area (Å²) in [6.45, 7) is 9.38. The number of hydrogen-bond donors (Lipinski definition) is 1. The van der Waals surface area contributed by atoms with Crippen molar-refractivity contribution < 1.29 is 9.53 Å². The molecule has 0 spiro atoms. The highest BCUT2D eigenvalue weighted by Crippen LogP contribution is 2.23. The molecule has 2 fully saturated rings. The first kappa shape index (κ1) is 25.2. The third kappa shape index (κ3) is 6.28. The predicted molar refractivity (Wildman–Crippen MR) is 143 cm³/mol. The van der Waals surface area contributed by atoms with Crippen LogP contribution in [0.3, 0.4) is 0 Å². The number of benzene rings is 1. The molecule has 0 atom stereocenters. The number of nitrogens with one attached hydrogen (secondary N) is 1. The molecule has 2 aliphatic rings. The Morgan fingerprint density at radius 3 is 2.54 bits per heavy atom. The number of rotatable bonds is 9. The van der Waals surface area contributed by atoms with Gasteiger partial charge in [-0.1, -0.05) is 6.07 Å². The lowest BCUT2D eigenvalue weighted by atomic mass is 10.2. The molecule has 1 amide bonds. The molecule has 2 aromatic heterocycles. The lowest BCUT2D eigenvalue weighted by Gasteiger charge is -2.36. The summed E-state index contributed by atoms with van der Waals surface area (Å²) in [6.07, 6.45) is 0.871. The van der Waals surface area contributed by atoms with Gasteiger partial charge in [-0.25, -0.2) is 0 Å². The molecule has 3 aromatic rings. The van der Waals surface area contributed by atoms with Crippen molar-refractivity contribution in [2.24, 2.45) is 0 Å². The fourth-order valence-electron chi connectivity index (χ4n) is 4.89. The van der Waals surface area contributed by atoms with Crippen molar-refractivity contribution in [1.29, 1.82) is 0 Å². The minimum atomic E-state index is 0.0377. The SMILES string of the molecule is COc1cccc(N2CCN(c3ccc4nnc(CCC(=O)NCCN5CCN(C)CC5)n4n3)CC2)c1. The molecule has 0 aliphatic carbocycles. The first-order valence-corrected chi connectivity index (χ1v) is 13.1. The maximum Gasteiger partial charge on any atom is 0.220 e. The third-order valence-corrected chi connectivity index (χ3v) is 7.26. The van der Waals surface area contributed by atoms with Gasteiger partial charge in [0.25, 0.3) is 0 Å². The van der Waals surface area contributed by atoms with E-state index in [9.17, 15) is 4.79 Å². The van der Waals surface area contributed by atoms with E-state index in [-0.39, 0.29) is 5.91 Å². The van der Waals surface area contributed by atoms with Gasteiger partial charge in [-0.2, -0.15) is 4.52 Å².